The van der Waals surface area contributed by atoms with Gasteiger partial charge in [0.05, 0.1) is 30.9 Å². The van der Waals surface area contributed by atoms with E-state index < -0.39 is 5.60 Å². The monoisotopic (exact) mass is 393 g/mol. The first-order valence-electron chi connectivity index (χ1n) is 10.1. The quantitative estimate of drug-likeness (QED) is 0.651. The minimum absolute atomic E-state index is 0.271. The lowest BCUT2D eigenvalue weighted by molar-refractivity contribution is -0.0530. The van der Waals surface area contributed by atoms with Crippen LogP contribution in [-0.2, 0) is 21.6 Å². The molecule has 0 aliphatic carbocycles. The lowest BCUT2D eigenvalue weighted by Crippen LogP contribution is -2.37. The average molecular weight is 393 g/mol. The minimum atomic E-state index is -0.462. The van der Waals surface area contributed by atoms with Crippen molar-refractivity contribution in [3.05, 3.63) is 24.0 Å². The Balaban J connectivity index is 1.59. The van der Waals surface area contributed by atoms with Crippen LogP contribution < -0.4 is 4.90 Å². The van der Waals surface area contributed by atoms with Gasteiger partial charge in [0.15, 0.2) is 22.8 Å². The summed E-state index contributed by atoms with van der Waals surface area (Å²) in [5.41, 5.74) is 2.03. The number of hydrogen-bond acceptors (Lipinski definition) is 8. The summed E-state index contributed by atoms with van der Waals surface area (Å²) in [6.07, 6.45) is 4.88. The summed E-state index contributed by atoms with van der Waals surface area (Å²) in [4.78, 5) is 25.8. The molecule has 0 radical (unpaired) electrons. The summed E-state index contributed by atoms with van der Waals surface area (Å²) >= 11 is 0. The fourth-order valence-electron chi connectivity index (χ4n) is 4.61. The number of aromatic nitrogens is 6. The largest absolute Gasteiger partial charge is 0.374 e. The molecule has 29 heavy (non-hydrogen) atoms. The van der Waals surface area contributed by atoms with E-state index in [1.54, 1.807) is 12.4 Å². The van der Waals surface area contributed by atoms with E-state index in [-0.39, 0.29) is 6.10 Å². The summed E-state index contributed by atoms with van der Waals surface area (Å²) in [5.74, 6) is 3.12. The highest BCUT2D eigenvalue weighted by Gasteiger charge is 2.42. The first kappa shape index (κ1) is 17.2. The molecule has 150 valence electrons. The second-order valence-corrected chi connectivity index (χ2v) is 8.51. The number of nitrogens with zero attached hydrogens (tertiary/aromatic N) is 7. The molecule has 3 aromatic heterocycles. The normalized spacial score (nSPS) is 25.0. The fraction of sp³-hybridized carbons (Fsp3) is 0.550. The number of anilines is 1. The van der Waals surface area contributed by atoms with Gasteiger partial charge in [-0.25, -0.2) is 24.9 Å². The molecule has 6 heterocycles. The molecule has 2 atom stereocenters. The van der Waals surface area contributed by atoms with Crippen LogP contribution in [0.3, 0.4) is 0 Å². The third-order valence-electron chi connectivity index (χ3n) is 6.10. The molecule has 3 aromatic rings. The molecule has 0 N–H and O–H groups in total. The second kappa shape index (κ2) is 5.93. The maximum Gasteiger partial charge on any atom is 0.167 e. The highest BCUT2D eigenvalue weighted by Crippen LogP contribution is 2.38. The van der Waals surface area contributed by atoms with E-state index in [4.69, 9.17) is 24.4 Å². The summed E-state index contributed by atoms with van der Waals surface area (Å²) in [5, 5.41) is 0. The Labute approximate surface area is 168 Å². The van der Waals surface area contributed by atoms with Gasteiger partial charge in [-0.1, -0.05) is 0 Å². The Morgan fingerprint density at radius 2 is 1.97 bits per heavy atom. The van der Waals surface area contributed by atoms with Crippen molar-refractivity contribution >= 4 is 17.0 Å². The highest BCUT2D eigenvalue weighted by atomic mass is 16.5. The molecule has 2 fully saturated rings. The molecular weight excluding hydrogens is 370 g/mol. The van der Waals surface area contributed by atoms with Crippen molar-refractivity contribution in [2.45, 2.75) is 51.5 Å². The van der Waals surface area contributed by atoms with Crippen molar-refractivity contribution in [3.63, 3.8) is 0 Å². The molecular formula is C20H23N7O2. The first-order valence-corrected chi connectivity index (χ1v) is 10.1. The molecule has 6 rings (SSSR count). The van der Waals surface area contributed by atoms with Gasteiger partial charge in [0.1, 0.15) is 17.2 Å². The number of morpholine rings is 1. The molecule has 3 aliphatic rings. The zero-order valence-electron chi connectivity index (χ0n) is 16.8. The van der Waals surface area contributed by atoms with Gasteiger partial charge in [-0.3, -0.25) is 0 Å². The molecule has 0 spiro atoms. The zero-order valence-corrected chi connectivity index (χ0v) is 16.8. The molecule has 3 aliphatic heterocycles. The molecule has 0 unspecified atom stereocenters. The van der Waals surface area contributed by atoms with Crippen molar-refractivity contribution in [1.29, 1.82) is 0 Å². The van der Waals surface area contributed by atoms with E-state index in [2.05, 4.69) is 33.3 Å². The van der Waals surface area contributed by atoms with E-state index >= 15 is 0 Å². The predicted molar refractivity (Wildman–Crippen MR) is 106 cm³/mol. The van der Waals surface area contributed by atoms with Gasteiger partial charge in [-0.15, -0.1) is 0 Å². The topological polar surface area (TPSA) is 91.1 Å². The number of aryl methyl sites for hydroxylation is 1. The van der Waals surface area contributed by atoms with Gasteiger partial charge in [0.25, 0.3) is 0 Å². The number of hydrogen-bond donors (Lipinski definition) is 0. The Morgan fingerprint density at radius 1 is 1.14 bits per heavy atom. The Hall–Kier alpha value is -2.65. The van der Waals surface area contributed by atoms with Crippen molar-refractivity contribution < 1.29 is 9.47 Å². The van der Waals surface area contributed by atoms with Gasteiger partial charge in [-0.05, 0) is 27.2 Å². The highest BCUT2D eigenvalue weighted by molar-refractivity contribution is 5.87. The summed E-state index contributed by atoms with van der Waals surface area (Å²) < 4.78 is 14.0. The number of fused-ring (bicyclic) bond motifs is 5. The van der Waals surface area contributed by atoms with Gasteiger partial charge < -0.3 is 18.9 Å². The van der Waals surface area contributed by atoms with Crippen molar-refractivity contribution in [3.8, 4) is 11.4 Å². The van der Waals surface area contributed by atoms with Crippen molar-refractivity contribution in [2.24, 2.45) is 0 Å². The molecule has 0 aromatic carbocycles. The number of ether oxygens (including phenoxy) is 2. The number of rotatable bonds is 2. The smallest absolute Gasteiger partial charge is 0.167 e. The molecule has 0 saturated carbocycles. The Kier molecular flexibility index (Phi) is 3.52. The van der Waals surface area contributed by atoms with Crippen LogP contribution >= 0.6 is 0 Å². The van der Waals surface area contributed by atoms with Gasteiger partial charge in [0.2, 0.25) is 0 Å². The summed E-state index contributed by atoms with van der Waals surface area (Å²) in [6.45, 7) is 8.91. The van der Waals surface area contributed by atoms with Gasteiger partial charge >= 0.3 is 0 Å². The SMILES string of the molecule is Cc1ncc(-c2nc(N3C[C@@H]4C[C@H]3CO4)c3nc4n(c3n2)CCOC4(C)C)cn1. The zero-order chi connectivity index (χ0) is 19.8. The van der Waals surface area contributed by atoms with Crippen LogP contribution in [-0.4, -0.2) is 61.4 Å². The third kappa shape index (κ3) is 2.57. The molecule has 0 amide bonds. The lowest BCUT2D eigenvalue weighted by Gasteiger charge is -2.30. The lowest BCUT2D eigenvalue weighted by atomic mass is 10.1. The molecule has 9 heteroatoms. The van der Waals surface area contributed by atoms with Crippen LogP contribution in [0.25, 0.3) is 22.6 Å². The van der Waals surface area contributed by atoms with E-state index in [0.29, 0.717) is 18.5 Å². The third-order valence-corrected chi connectivity index (χ3v) is 6.10. The van der Waals surface area contributed by atoms with Crippen LogP contribution in [0.2, 0.25) is 0 Å². The summed E-state index contributed by atoms with van der Waals surface area (Å²) in [7, 11) is 0. The molecule has 2 bridgehead atoms. The van der Waals surface area contributed by atoms with Gasteiger partial charge in [0, 0.05) is 25.5 Å². The predicted octanol–water partition coefficient (Wildman–Crippen LogP) is 1.83. The van der Waals surface area contributed by atoms with E-state index in [9.17, 15) is 0 Å². The molecule has 2 saturated heterocycles. The van der Waals surface area contributed by atoms with Crippen LogP contribution in [0.15, 0.2) is 12.4 Å². The number of imidazole rings is 1. The Morgan fingerprint density at radius 3 is 2.69 bits per heavy atom. The van der Waals surface area contributed by atoms with E-state index in [1.807, 2.05) is 6.92 Å². The maximum atomic E-state index is 5.98. The van der Waals surface area contributed by atoms with E-state index in [0.717, 1.165) is 60.3 Å². The van der Waals surface area contributed by atoms with Crippen LogP contribution in [0.1, 0.15) is 31.9 Å². The van der Waals surface area contributed by atoms with Crippen molar-refractivity contribution in [2.75, 3.05) is 24.7 Å². The van der Waals surface area contributed by atoms with Gasteiger partial charge in [-0.2, -0.15) is 0 Å². The maximum absolute atomic E-state index is 5.98. The standard InChI is InChI=1S/C20H23N7O2/c1-11-21-7-12(8-22-11)16-24-17-15(23-19-20(2,3)29-5-4-26(17)19)18(25-16)27-9-14-6-13(27)10-28-14/h7-8,13-14H,4-6,9-10H2,1-3H3/t13-,14-/m0/s1. The minimum Gasteiger partial charge on any atom is -0.374 e. The summed E-state index contributed by atoms with van der Waals surface area (Å²) in [6, 6.07) is 0.336. The van der Waals surface area contributed by atoms with E-state index in [1.165, 1.54) is 0 Å². The van der Waals surface area contributed by atoms with Crippen molar-refractivity contribution in [1.82, 2.24) is 29.5 Å². The fourth-order valence-corrected chi connectivity index (χ4v) is 4.61. The first-order chi connectivity index (χ1) is 14.0. The molecule has 9 nitrogen and oxygen atoms in total. The van der Waals surface area contributed by atoms with Crippen LogP contribution in [0, 0.1) is 6.92 Å². The van der Waals surface area contributed by atoms with Crippen LogP contribution in [0.5, 0.6) is 0 Å². The second-order valence-electron chi connectivity index (χ2n) is 8.51. The average Bonchev–Trinajstić information content (AvgIpc) is 3.42. The van der Waals surface area contributed by atoms with Crippen LogP contribution in [0.4, 0.5) is 5.82 Å². The Bertz CT molecular complexity index is 1110.